The van der Waals surface area contributed by atoms with Gasteiger partial charge in [0.1, 0.15) is 23.8 Å². The number of fused-ring (bicyclic) bond motifs is 1. The lowest BCUT2D eigenvalue weighted by Crippen LogP contribution is -2.02. The number of hydrogen-bond acceptors (Lipinski definition) is 3. The van der Waals surface area contributed by atoms with E-state index in [9.17, 15) is 9.18 Å². The number of ether oxygens (including phenoxy) is 1. The summed E-state index contributed by atoms with van der Waals surface area (Å²) < 4.78 is 24.1. The van der Waals surface area contributed by atoms with E-state index in [-0.39, 0.29) is 11.6 Å². The van der Waals surface area contributed by atoms with E-state index < -0.39 is 11.4 Å². The number of aryl methyl sites for hydroxylation is 1. The summed E-state index contributed by atoms with van der Waals surface area (Å²) in [5, 5.41) is 1.48. The number of halogens is 3. The average molecular weight is 395 g/mol. The maximum atomic E-state index is 13.1. The van der Waals surface area contributed by atoms with Crippen molar-refractivity contribution in [3.8, 4) is 5.75 Å². The Morgan fingerprint density at radius 3 is 2.62 bits per heavy atom. The molecule has 3 rings (SSSR count). The largest absolute Gasteiger partial charge is 0.487 e. The molecular formula is C20H17Cl2FO3. The summed E-state index contributed by atoms with van der Waals surface area (Å²) in [5.74, 6) is -0.0424. The van der Waals surface area contributed by atoms with Gasteiger partial charge in [0.25, 0.3) is 0 Å². The van der Waals surface area contributed by atoms with Crippen LogP contribution in [0.2, 0.25) is 10.0 Å². The molecule has 1 heterocycles. The van der Waals surface area contributed by atoms with Crippen molar-refractivity contribution in [2.24, 2.45) is 0 Å². The van der Waals surface area contributed by atoms with Crippen LogP contribution in [0.25, 0.3) is 11.0 Å². The molecule has 0 aliphatic heterocycles. The van der Waals surface area contributed by atoms with Crippen molar-refractivity contribution in [1.82, 2.24) is 0 Å². The second-order valence-corrected chi connectivity index (χ2v) is 6.81. The van der Waals surface area contributed by atoms with Crippen molar-refractivity contribution in [2.75, 3.05) is 0 Å². The van der Waals surface area contributed by atoms with Crippen molar-refractivity contribution < 1.29 is 13.5 Å². The second kappa shape index (κ2) is 8.11. The molecule has 3 nitrogen and oxygen atoms in total. The number of benzene rings is 2. The maximum absolute atomic E-state index is 13.1. The summed E-state index contributed by atoms with van der Waals surface area (Å²) in [6, 6.07) is 8.94. The fourth-order valence-electron chi connectivity index (χ4n) is 2.71. The third-order valence-corrected chi connectivity index (χ3v) is 4.73. The Kier molecular flexibility index (Phi) is 5.84. The normalized spacial score (nSPS) is 11.1. The molecule has 0 saturated heterocycles. The van der Waals surface area contributed by atoms with Gasteiger partial charge in [-0.2, -0.15) is 0 Å². The van der Waals surface area contributed by atoms with Gasteiger partial charge in [-0.25, -0.2) is 9.18 Å². The molecule has 0 unspecified atom stereocenters. The van der Waals surface area contributed by atoms with Crippen LogP contribution in [0.1, 0.15) is 30.9 Å². The molecule has 6 heteroatoms. The van der Waals surface area contributed by atoms with Crippen molar-refractivity contribution in [1.29, 1.82) is 0 Å². The highest BCUT2D eigenvalue weighted by molar-refractivity contribution is 6.33. The Labute approximate surface area is 160 Å². The minimum atomic E-state index is -0.413. The van der Waals surface area contributed by atoms with E-state index in [1.807, 2.05) is 0 Å². The Morgan fingerprint density at radius 1 is 1.08 bits per heavy atom. The third kappa shape index (κ3) is 4.19. The van der Waals surface area contributed by atoms with Crippen molar-refractivity contribution >= 4 is 34.2 Å². The van der Waals surface area contributed by atoms with Crippen molar-refractivity contribution in [3.05, 3.63) is 73.8 Å². The zero-order chi connectivity index (χ0) is 18.7. The molecule has 0 radical (unpaired) electrons. The summed E-state index contributed by atoms with van der Waals surface area (Å²) in [6.07, 6.45) is 2.77. The molecule has 0 N–H and O–H groups in total. The van der Waals surface area contributed by atoms with Crippen molar-refractivity contribution in [2.45, 2.75) is 32.8 Å². The molecule has 3 aromatic rings. The van der Waals surface area contributed by atoms with Gasteiger partial charge in [0.2, 0.25) is 0 Å². The monoisotopic (exact) mass is 394 g/mol. The molecule has 0 spiro atoms. The van der Waals surface area contributed by atoms with Crippen LogP contribution in [0, 0.1) is 5.82 Å². The van der Waals surface area contributed by atoms with E-state index in [2.05, 4.69) is 6.92 Å². The fourth-order valence-corrected chi connectivity index (χ4v) is 3.15. The summed E-state index contributed by atoms with van der Waals surface area (Å²) in [4.78, 5) is 11.8. The quantitative estimate of drug-likeness (QED) is 0.469. The number of hydrogen-bond donors (Lipinski definition) is 0. The molecule has 2 aromatic carbocycles. The lowest BCUT2D eigenvalue weighted by atomic mass is 10.0. The molecule has 0 aliphatic carbocycles. The van der Waals surface area contributed by atoms with Crippen LogP contribution in [-0.2, 0) is 13.0 Å². The Bertz CT molecular complexity index is 998. The first-order valence-corrected chi connectivity index (χ1v) is 9.06. The second-order valence-electron chi connectivity index (χ2n) is 6.00. The van der Waals surface area contributed by atoms with Gasteiger partial charge in [-0.3, -0.25) is 0 Å². The summed E-state index contributed by atoms with van der Waals surface area (Å²) in [7, 11) is 0. The first kappa shape index (κ1) is 18.7. The third-order valence-electron chi connectivity index (χ3n) is 4.08. The van der Waals surface area contributed by atoms with Gasteiger partial charge in [-0.05, 0) is 36.6 Å². The topological polar surface area (TPSA) is 39.4 Å². The van der Waals surface area contributed by atoms with Gasteiger partial charge in [0, 0.05) is 23.1 Å². The smallest absolute Gasteiger partial charge is 0.336 e. The van der Waals surface area contributed by atoms with Gasteiger partial charge < -0.3 is 9.15 Å². The van der Waals surface area contributed by atoms with Crippen LogP contribution in [0.5, 0.6) is 5.75 Å². The highest BCUT2D eigenvalue weighted by Gasteiger charge is 2.12. The maximum Gasteiger partial charge on any atom is 0.336 e. The van der Waals surface area contributed by atoms with Gasteiger partial charge in [0.05, 0.1) is 10.0 Å². The molecule has 0 aliphatic rings. The van der Waals surface area contributed by atoms with E-state index in [4.69, 9.17) is 32.4 Å². The van der Waals surface area contributed by atoms with Gasteiger partial charge >= 0.3 is 5.63 Å². The molecular weight excluding hydrogens is 378 g/mol. The number of rotatable bonds is 6. The van der Waals surface area contributed by atoms with E-state index in [0.29, 0.717) is 21.9 Å². The lowest BCUT2D eigenvalue weighted by Gasteiger charge is -2.11. The standard InChI is InChI=1S/C20H17Cl2FO3/c1-2-3-4-12-7-20(24)26-18-10-19(17(22)9-15(12)18)25-11-13-5-6-14(23)8-16(13)21/h5-10H,2-4,11H2,1H3. The zero-order valence-corrected chi connectivity index (χ0v) is 15.7. The van der Waals surface area contributed by atoms with E-state index >= 15 is 0 Å². The summed E-state index contributed by atoms with van der Waals surface area (Å²) in [6.45, 7) is 2.21. The molecule has 1 aromatic heterocycles. The molecule has 0 saturated carbocycles. The highest BCUT2D eigenvalue weighted by atomic mass is 35.5. The van der Waals surface area contributed by atoms with Crippen LogP contribution in [0.15, 0.2) is 45.6 Å². The Morgan fingerprint density at radius 2 is 1.88 bits per heavy atom. The van der Waals surface area contributed by atoms with Crippen LogP contribution in [0.4, 0.5) is 4.39 Å². The van der Waals surface area contributed by atoms with Gasteiger partial charge in [0.15, 0.2) is 0 Å². The highest BCUT2D eigenvalue weighted by Crippen LogP contribution is 2.32. The van der Waals surface area contributed by atoms with Crippen LogP contribution >= 0.6 is 23.2 Å². The number of unbranched alkanes of at least 4 members (excludes halogenated alkanes) is 1. The summed E-state index contributed by atoms with van der Waals surface area (Å²) in [5.41, 5.74) is 1.56. The molecule has 26 heavy (non-hydrogen) atoms. The summed E-state index contributed by atoms with van der Waals surface area (Å²) >= 11 is 12.4. The van der Waals surface area contributed by atoms with Gasteiger partial charge in [-0.1, -0.05) is 42.6 Å². The molecule has 0 amide bonds. The molecule has 0 atom stereocenters. The lowest BCUT2D eigenvalue weighted by molar-refractivity contribution is 0.306. The predicted molar refractivity (Wildman–Crippen MR) is 102 cm³/mol. The Hall–Kier alpha value is -2.04. The minimum absolute atomic E-state index is 0.115. The molecule has 0 bridgehead atoms. The molecule has 136 valence electrons. The SMILES string of the molecule is CCCCc1cc(=O)oc2cc(OCc3ccc(F)cc3Cl)c(Cl)cc12. The van der Waals surface area contributed by atoms with E-state index in [0.717, 1.165) is 30.2 Å². The first-order chi connectivity index (χ1) is 12.5. The first-order valence-electron chi connectivity index (χ1n) is 8.31. The van der Waals surface area contributed by atoms with Crippen molar-refractivity contribution in [3.63, 3.8) is 0 Å². The average Bonchev–Trinajstić information content (AvgIpc) is 2.59. The van der Waals surface area contributed by atoms with Crippen LogP contribution in [-0.4, -0.2) is 0 Å². The zero-order valence-electron chi connectivity index (χ0n) is 14.2. The molecule has 0 fully saturated rings. The van der Waals surface area contributed by atoms with E-state index in [1.54, 1.807) is 18.2 Å². The van der Waals surface area contributed by atoms with Crippen LogP contribution < -0.4 is 10.4 Å². The minimum Gasteiger partial charge on any atom is -0.487 e. The van der Waals surface area contributed by atoms with Gasteiger partial charge in [-0.15, -0.1) is 0 Å². The Balaban J connectivity index is 1.92. The van der Waals surface area contributed by atoms with E-state index in [1.165, 1.54) is 18.2 Å². The fraction of sp³-hybridized carbons (Fsp3) is 0.250. The van der Waals surface area contributed by atoms with Crippen LogP contribution in [0.3, 0.4) is 0 Å². The predicted octanol–water partition coefficient (Wildman–Crippen LogP) is 6.16.